The lowest BCUT2D eigenvalue weighted by atomic mass is 10.1. The number of epoxide rings is 1. The lowest BCUT2D eigenvalue weighted by molar-refractivity contribution is 0.120. The van der Waals surface area contributed by atoms with Gasteiger partial charge in [0, 0.05) is 6.61 Å². The van der Waals surface area contributed by atoms with Crippen LogP contribution in [0.2, 0.25) is 0 Å². The van der Waals surface area contributed by atoms with Gasteiger partial charge in [-0.15, -0.1) is 0 Å². The second-order valence-corrected chi connectivity index (χ2v) is 2.70. The number of rotatable bonds is 5. The van der Waals surface area contributed by atoms with Crippen LogP contribution < -0.4 is 0 Å². The first-order valence-corrected chi connectivity index (χ1v) is 3.73. The molecule has 1 heterocycles. The minimum atomic E-state index is -0.339. The Bertz CT molecular complexity index is 90.9. The number of ether oxygens (including phenoxy) is 1. The molecule has 0 radical (unpaired) electrons. The molecule has 10 heavy (non-hydrogen) atoms. The van der Waals surface area contributed by atoms with Gasteiger partial charge in [0.1, 0.15) is 0 Å². The molecular formula is C7H14O3. The van der Waals surface area contributed by atoms with Crippen LogP contribution in [0.1, 0.15) is 19.3 Å². The molecule has 0 aromatic heterocycles. The molecule has 3 heteroatoms. The van der Waals surface area contributed by atoms with Crippen LogP contribution in [0.4, 0.5) is 0 Å². The van der Waals surface area contributed by atoms with E-state index in [9.17, 15) is 0 Å². The Hall–Kier alpha value is -0.120. The van der Waals surface area contributed by atoms with Crippen molar-refractivity contribution in [1.29, 1.82) is 0 Å². The van der Waals surface area contributed by atoms with E-state index in [1.807, 2.05) is 0 Å². The maximum atomic E-state index is 9.11. The van der Waals surface area contributed by atoms with Crippen LogP contribution in [0.15, 0.2) is 0 Å². The number of aliphatic hydroxyl groups excluding tert-OH is 2. The van der Waals surface area contributed by atoms with E-state index in [4.69, 9.17) is 14.9 Å². The smallest absolute Gasteiger partial charge is 0.0810 e. The average molecular weight is 146 g/mol. The Labute approximate surface area is 60.6 Å². The fraction of sp³-hybridized carbons (Fsp3) is 1.00. The van der Waals surface area contributed by atoms with Gasteiger partial charge in [0.05, 0.1) is 18.8 Å². The summed E-state index contributed by atoms with van der Waals surface area (Å²) in [5.74, 6) is 0. The standard InChI is InChI=1S/C7H14O3/c8-4-3-6(9)1-2-7-5-10-7/h6-9H,1-5H2. The highest BCUT2D eigenvalue weighted by atomic mass is 16.6. The zero-order valence-electron chi connectivity index (χ0n) is 5.99. The second kappa shape index (κ2) is 3.91. The zero-order chi connectivity index (χ0) is 7.40. The summed E-state index contributed by atoms with van der Waals surface area (Å²) in [4.78, 5) is 0. The van der Waals surface area contributed by atoms with E-state index < -0.39 is 0 Å². The Morgan fingerprint density at radius 3 is 2.70 bits per heavy atom. The monoisotopic (exact) mass is 146 g/mol. The molecule has 60 valence electrons. The van der Waals surface area contributed by atoms with Crippen LogP contribution >= 0.6 is 0 Å². The molecule has 1 rings (SSSR count). The molecule has 1 aliphatic rings. The van der Waals surface area contributed by atoms with Gasteiger partial charge in [-0.3, -0.25) is 0 Å². The summed E-state index contributed by atoms with van der Waals surface area (Å²) < 4.78 is 4.96. The van der Waals surface area contributed by atoms with E-state index in [1.54, 1.807) is 0 Å². The van der Waals surface area contributed by atoms with Crippen molar-refractivity contribution in [2.45, 2.75) is 31.5 Å². The molecule has 0 aliphatic carbocycles. The van der Waals surface area contributed by atoms with Gasteiger partial charge in [0.2, 0.25) is 0 Å². The highest BCUT2D eigenvalue weighted by molar-refractivity contribution is 4.70. The van der Waals surface area contributed by atoms with Crippen LogP contribution in [0.3, 0.4) is 0 Å². The second-order valence-electron chi connectivity index (χ2n) is 2.70. The number of hydrogen-bond donors (Lipinski definition) is 2. The summed E-state index contributed by atoms with van der Waals surface area (Å²) in [6.07, 6.45) is 2.24. The quantitative estimate of drug-likeness (QED) is 0.533. The van der Waals surface area contributed by atoms with E-state index in [2.05, 4.69) is 0 Å². The van der Waals surface area contributed by atoms with E-state index in [0.717, 1.165) is 19.4 Å². The predicted molar refractivity (Wildman–Crippen MR) is 36.7 cm³/mol. The minimum absolute atomic E-state index is 0.0761. The highest BCUT2D eigenvalue weighted by Crippen LogP contribution is 2.17. The van der Waals surface area contributed by atoms with Crippen LogP contribution in [0.25, 0.3) is 0 Å². The molecule has 1 saturated heterocycles. The Morgan fingerprint density at radius 1 is 1.50 bits per heavy atom. The summed E-state index contributed by atoms with van der Waals surface area (Å²) in [5, 5.41) is 17.5. The van der Waals surface area contributed by atoms with Crippen molar-refractivity contribution in [3.8, 4) is 0 Å². The van der Waals surface area contributed by atoms with Gasteiger partial charge >= 0.3 is 0 Å². The lowest BCUT2D eigenvalue weighted by Gasteiger charge is -2.05. The third kappa shape index (κ3) is 3.15. The first-order valence-electron chi connectivity index (χ1n) is 3.73. The van der Waals surface area contributed by atoms with Gasteiger partial charge in [-0.25, -0.2) is 0 Å². The predicted octanol–water partition coefficient (Wildman–Crippen LogP) is -0.0913. The van der Waals surface area contributed by atoms with Crippen molar-refractivity contribution in [3.63, 3.8) is 0 Å². The minimum Gasteiger partial charge on any atom is -0.396 e. The van der Waals surface area contributed by atoms with Crippen molar-refractivity contribution >= 4 is 0 Å². The summed E-state index contributed by atoms with van der Waals surface area (Å²) in [6, 6.07) is 0. The molecule has 3 nitrogen and oxygen atoms in total. The largest absolute Gasteiger partial charge is 0.396 e. The highest BCUT2D eigenvalue weighted by Gasteiger charge is 2.22. The van der Waals surface area contributed by atoms with Gasteiger partial charge < -0.3 is 14.9 Å². The van der Waals surface area contributed by atoms with Crippen LogP contribution in [-0.4, -0.2) is 35.6 Å². The molecule has 0 aromatic rings. The molecule has 0 aromatic carbocycles. The summed E-state index contributed by atoms with van der Waals surface area (Å²) >= 11 is 0. The maximum absolute atomic E-state index is 9.11. The van der Waals surface area contributed by atoms with E-state index in [-0.39, 0.29) is 12.7 Å². The first kappa shape index (κ1) is 7.98. The molecule has 0 saturated carbocycles. The van der Waals surface area contributed by atoms with Crippen LogP contribution in [0.5, 0.6) is 0 Å². The van der Waals surface area contributed by atoms with Gasteiger partial charge in [0.15, 0.2) is 0 Å². The number of aliphatic hydroxyl groups is 2. The van der Waals surface area contributed by atoms with E-state index in [0.29, 0.717) is 12.5 Å². The fourth-order valence-corrected chi connectivity index (χ4v) is 0.906. The first-order chi connectivity index (χ1) is 4.83. The Kier molecular flexibility index (Phi) is 3.12. The van der Waals surface area contributed by atoms with Crippen molar-refractivity contribution in [2.24, 2.45) is 0 Å². The van der Waals surface area contributed by atoms with Crippen molar-refractivity contribution in [2.75, 3.05) is 13.2 Å². The van der Waals surface area contributed by atoms with Crippen LogP contribution in [-0.2, 0) is 4.74 Å². The maximum Gasteiger partial charge on any atom is 0.0810 e. The lowest BCUT2D eigenvalue weighted by Crippen LogP contribution is -2.09. The van der Waals surface area contributed by atoms with Crippen molar-refractivity contribution in [1.82, 2.24) is 0 Å². The molecule has 1 fully saturated rings. The van der Waals surface area contributed by atoms with E-state index in [1.165, 1.54) is 0 Å². The normalized spacial score (nSPS) is 26.4. The van der Waals surface area contributed by atoms with Gasteiger partial charge in [-0.05, 0) is 19.3 Å². The fourth-order valence-electron chi connectivity index (χ4n) is 0.906. The van der Waals surface area contributed by atoms with Gasteiger partial charge in [-0.1, -0.05) is 0 Å². The summed E-state index contributed by atoms with van der Waals surface area (Å²) in [6.45, 7) is 0.929. The molecule has 2 unspecified atom stereocenters. The average Bonchev–Trinajstić information content (AvgIpc) is 2.67. The Morgan fingerprint density at radius 2 is 2.20 bits per heavy atom. The number of hydrogen-bond acceptors (Lipinski definition) is 3. The third-order valence-electron chi connectivity index (χ3n) is 1.69. The molecule has 1 aliphatic heterocycles. The molecule has 0 bridgehead atoms. The third-order valence-corrected chi connectivity index (χ3v) is 1.69. The molecule has 0 spiro atoms. The van der Waals surface area contributed by atoms with E-state index >= 15 is 0 Å². The summed E-state index contributed by atoms with van der Waals surface area (Å²) in [5.41, 5.74) is 0. The SMILES string of the molecule is OCCC(O)CCC1CO1. The van der Waals surface area contributed by atoms with Crippen LogP contribution in [0, 0.1) is 0 Å². The van der Waals surface area contributed by atoms with Crippen molar-refractivity contribution < 1.29 is 14.9 Å². The van der Waals surface area contributed by atoms with Gasteiger partial charge in [-0.2, -0.15) is 0 Å². The summed E-state index contributed by atoms with van der Waals surface area (Å²) in [7, 11) is 0. The molecule has 2 atom stereocenters. The molecular weight excluding hydrogens is 132 g/mol. The Balaban J connectivity index is 1.89. The van der Waals surface area contributed by atoms with Gasteiger partial charge in [0.25, 0.3) is 0 Å². The topological polar surface area (TPSA) is 53.0 Å². The molecule has 2 N–H and O–H groups in total. The molecule has 0 amide bonds. The zero-order valence-corrected chi connectivity index (χ0v) is 5.99. The van der Waals surface area contributed by atoms with Crippen molar-refractivity contribution in [3.05, 3.63) is 0 Å².